The first kappa shape index (κ1) is 14.1. The summed E-state index contributed by atoms with van der Waals surface area (Å²) >= 11 is 1.54. The molecule has 0 fully saturated rings. The van der Waals surface area contributed by atoms with E-state index in [1.54, 1.807) is 13.0 Å². The van der Waals surface area contributed by atoms with Crippen molar-refractivity contribution in [1.82, 2.24) is 5.32 Å². The molecule has 0 spiro atoms. The zero-order chi connectivity index (χ0) is 12.9. The van der Waals surface area contributed by atoms with Crippen molar-refractivity contribution in [3.05, 3.63) is 29.8 Å². The van der Waals surface area contributed by atoms with Crippen LogP contribution < -0.4 is 5.32 Å². The molecule has 0 heterocycles. The molecule has 3 nitrogen and oxygen atoms in total. The number of nitrogens with one attached hydrogen (secondary N) is 1. The minimum atomic E-state index is -0.843. The van der Waals surface area contributed by atoms with E-state index in [0.29, 0.717) is 12.0 Å². The third kappa shape index (κ3) is 4.06. The summed E-state index contributed by atoms with van der Waals surface area (Å²) in [5, 5.41) is 12.6. The van der Waals surface area contributed by atoms with Crippen molar-refractivity contribution in [2.75, 3.05) is 12.8 Å². The maximum absolute atomic E-state index is 12.0. The lowest BCUT2D eigenvalue weighted by atomic mass is 10.0. The van der Waals surface area contributed by atoms with E-state index in [2.05, 4.69) is 5.32 Å². The highest BCUT2D eigenvalue weighted by Crippen LogP contribution is 2.19. The Morgan fingerprint density at radius 2 is 2.12 bits per heavy atom. The summed E-state index contributed by atoms with van der Waals surface area (Å²) in [5.74, 6) is -0.135. The fraction of sp³-hybridized carbons (Fsp3) is 0.462. The van der Waals surface area contributed by atoms with E-state index >= 15 is 0 Å². The summed E-state index contributed by atoms with van der Waals surface area (Å²) in [7, 11) is 0. The van der Waals surface area contributed by atoms with Gasteiger partial charge in [-0.25, -0.2) is 0 Å². The number of thioether (sulfide) groups is 1. The molecule has 0 saturated heterocycles. The first-order valence-corrected chi connectivity index (χ1v) is 6.86. The molecule has 1 rings (SSSR count). The van der Waals surface area contributed by atoms with Crippen molar-refractivity contribution < 1.29 is 9.90 Å². The quantitative estimate of drug-likeness (QED) is 0.792. The number of amides is 1. The number of benzene rings is 1. The maximum Gasteiger partial charge on any atom is 0.252 e. The summed E-state index contributed by atoms with van der Waals surface area (Å²) in [6.45, 7) is 3.88. The topological polar surface area (TPSA) is 49.3 Å². The second kappa shape index (κ2) is 6.07. The smallest absolute Gasteiger partial charge is 0.252 e. The molecule has 17 heavy (non-hydrogen) atoms. The minimum absolute atomic E-state index is 0.135. The van der Waals surface area contributed by atoms with Gasteiger partial charge in [-0.05, 0) is 31.7 Å². The number of rotatable bonds is 5. The van der Waals surface area contributed by atoms with E-state index < -0.39 is 5.60 Å². The average molecular weight is 253 g/mol. The van der Waals surface area contributed by atoms with Crippen LogP contribution >= 0.6 is 11.8 Å². The van der Waals surface area contributed by atoms with E-state index in [1.807, 2.05) is 31.4 Å². The van der Waals surface area contributed by atoms with E-state index in [9.17, 15) is 9.90 Å². The Labute approximate surface area is 107 Å². The van der Waals surface area contributed by atoms with E-state index in [1.165, 1.54) is 11.8 Å². The predicted molar refractivity (Wildman–Crippen MR) is 71.5 cm³/mol. The van der Waals surface area contributed by atoms with Gasteiger partial charge in [0.1, 0.15) is 0 Å². The van der Waals surface area contributed by atoms with Crippen molar-refractivity contribution in [2.24, 2.45) is 0 Å². The van der Waals surface area contributed by atoms with Crippen LogP contribution in [0.3, 0.4) is 0 Å². The molecule has 2 N–H and O–H groups in total. The third-order valence-corrected chi connectivity index (χ3v) is 3.54. The van der Waals surface area contributed by atoms with Crippen molar-refractivity contribution in [1.29, 1.82) is 0 Å². The average Bonchev–Trinajstić information content (AvgIpc) is 2.36. The lowest BCUT2D eigenvalue weighted by molar-refractivity contribution is 0.0517. The highest BCUT2D eigenvalue weighted by atomic mass is 32.2. The van der Waals surface area contributed by atoms with Gasteiger partial charge < -0.3 is 10.4 Å². The summed E-state index contributed by atoms with van der Waals surface area (Å²) in [5.41, 5.74) is -0.184. The van der Waals surface area contributed by atoms with Crippen molar-refractivity contribution in [3.8, 4) is 0 Å². The van der Waals surface area contributed by atoms with E-state index in [-0.39, 0.29) is 12.5 Å². The van der Waals surface area contributed by atoms with Gasteiger partial charge in [-0.15, -0.1) is 11.8 Å². The molecule has 0 radical (unpaired) electrons. The van der Waals surface area contributed by atoms with Crippen molar-refractivity contribution in [2.45, 2.75) is 30.8 Å². The van der Waals surface area contributed by atoms with Crippen LogP contribution in [0.2, 0.25) is 0 Å². The highest BCUT2D eigenvalue weighted by molar-refractivity contribution is 7.98. The number of aliphatic hydroxyl groups is 1. The summed E-state index contributed by atoms with van der Waals surface area (Å²) in [6, 6.07) is 7.46. The third-order valence-electron chi connectivity index (χ3n) is 2.74. The predicted octanol–water partition coefficient (Wildman–Crippen LogP) is 2.30. The van der Waals surface area contributed by atoms with Gasteiger partial charge in [0, 0.05) is 11.4 Å². The first-order chi connectivity index (χ1) is 8.00. The fourth-order valence-corrected chi connectivity index (χ4v) is 1.92. The van der Waals surface area contributed by atoms with Gasteiger partial charge in [0.2, 0.25) is 0 Å². The van der Waals surface area contributed by atoms with Crippen LogP contribution in [-0.4, -0.2) is 29.4 Å². The second-order valence-corrected chi connectivity index (χ2v) is 5.08. The fourth-order valence-electron chi connectivity index (χ4n) is 1.32. The van der Waals surface area contributed by atoms with Crippen LogP contribution in [0, 0.1) is 0 Å². The molecule has 0 aliphatic heterocycles. The van der Waals surface area contributed by atoms with Gasteiger partial charge >= 0.3 is 0 Å². The number of carbonyl (C=O) groups is 1. The monoisotopic (exact) mass is 253 g/mol. The Kier molecular flexibility index (Phi) is 5.02. The summed E-state index contributed by atoms with van der Waals surface area (Å²) < 4.78 is 0. The molecular formula is C13H19NO2S. The van der Waals surface area contributed by atoms with Gasteiger partial charge in [0.15, 0.2) is 0 Å². The number of hydrogen-bond donors (Lipinski definition) is 2. The second-order valence-electron chi connectivity index (χ2n) is 4.23. The van der Waals surface area contributed by atoms with E-state index in [0.717, 1.165) is 4.90 Å². The molecule has 94 valence electrons. The molecule has 1 aromatic carbocycles. The van der Waals surface area contributed by atoms with E-state index in [4.69, 9.17) is 0 Å². The van der Waals surface area contributed by atoms with Crippen LogP contribution in [0.1, 0.15) is 30.6 Å². The van der Waals surface area contributed by atoms with Crippen molar-refractivity contribution >= 4 is 17.7 Å². The highest BCUT2D eigenvalue weighted by Gasteiger charge is 2.19. The minimum Gasteiger partial charge on any atom is -0.388 e. The van der Waals surface area contributed by atoms with Crippen LogP contribution in [0.25, 0.3) is 0 Å². The van der Waals surface area contributed by atoms with Crippen LogP contribution in [0.4, 0.5) is 0 Å². The standard InChI is InChI=1S/C13H19NO2S/c1-4-13(2,16)9-14-12(15)10-7-5-6-8-11(10)17-3/h5-8,16H,4,9H2,1-3H3,(H,14,15). The van der Waals surface area contributed by atoms with Gasteiger partial charge in [0.25, 0.3) is 5.91 Å². The Morgan fingerprint density at radius 3 is 2.71 bits per heavy atom. The maximum atomic E-state index is 12.0. The molecule has 4 heteroatoms. The molecule has 0 aromatic heterocycles. The Balaban J connectivity index is 2.70. The molecule has 1 amide bonds. The Morgan fingerprint density at radius 1 is 1.47 bits per heavy atom. The largest absolute Gasteiger partial charge is 0.388 e. The first-order valence-electron chi connectivity index (χ1n) is 5.64. The Bertz CT molecular complexity index is 391. The van der Waals surface area contributed by atoms with Crippen LogP contribution in [0.15, 0.2) is 29.2 Å². The number of carbonyl (C=O) groups excluding carboxylic acids is 1. The molecule has 0 aliphatic rings. The van der Waals surface area contributed by atoms with Gasteiger partial charge in [0.05, 0.1) is 11.2 Å². The molecule has 0 saturated carbocycles. The lowest BCUT2D eigenvalue weighted by Gasteiger charge is -2.21. The zero-order valence-corrected chi connectivity index (χ0v) is 11.3. The van der Waals surface area contributed by atoms with Crippen LogP contribution in [-0.2, 0) is 0 Å². The molecule has 0 bridgehead atoms. The molecule has 1 unspecified atom stereocenters. The SMILES string of the molecule is CCC(C)(O)CNC(=O)c1ccccc1SC. The van der Waals surface area contributed by atoms with Crippen LogP contribution in [0.5, 0.6) is 0 Å². The normalized spacial score (nSPS) is 14.1. The van der Waals surface area contributed by atoms with Gasteiger partial charge in [-0.3, -0.25) is 4.79 Å². The van der Waals surface area contributed by atoms with Gasteiger partial charge in [-0.1, -0.05) is 19.1 Å². The molecular weight excluding hydrogens is 234 g/mol. The summed E-state index contributed by atoms with van der Waals surface area (Å²) in [4.78, 5) is 12.9. The lowest BCUT2D eigenvalue weighted by Crippen LogP contribution is -2.40. The van der Waals surface area contributed by atoms with Gasteiger partial charge in [-0.2, -0.15) is 0 Å². The molecule has 0 aliphatic carbocycles. The van der Waals surface area contributed by atoms with Crippen molar-refractivity contribution in [3.63, 3.8) is 0 Å². The summed E-state index contributed by atoms with van der Waals surface area (Å²) in [6.07, 6.45) is 2.55. The molecule has 1 aromatic rings. The Hall–Kier alpha value is -1.00. The zero-order valence-electron chi connectivity index (χ0n) is 10.5. The molecule has 1 atom stereocenters. The number of hydrogen-bond acceptors (Lipinski definition) is 3.